The van der Waals surface area contributed by atoms with Crippen LogP contribution in [-0.2, 0) is 9.84 Å². The first-order valence-electron chi connectivity index (χ1n) is 6.10. The van der Waals surface area contributed by atoms with Crippen molar-refractivity contribution in [3.05, 3.63) is 33.9 Å². The number of sulfone groups is 1. The minimum absolute atomic E-state index is 0. The van der Waals surface area contributed by atoms with Gasteiger partial charge in [0.25, 0.3) is 11.6 Å². The Morgan fingerprint density at radius 3 is 2.41 bits per heavy atom. The zero-order valence-electron chi connectivity index (χ0n) is 12.3. The summed E-state index contributed by atoms with van der Waals surface area (Å²) in [7, 11) is -1.92. The smallest absolute Gasteiger partial charge is 0.271 e. The summed E-state index contributed by atoms with van der Waals surface area (Å²) in [5, 5.41) is 16.3. The number of nitro groups is 1. The third kappa shape index (κ3) is 5.58. The number of carbonyl (C=O) groups excluding carboxylic acids is 1. The van der Waals surface area contributed by atoms with Gasteiger partial charge in [-0.3, -0.25) is 14.9 Å². The molecule has 1 aromatic rings. The Morgan fingerprint density at radius 2 is 1.95 bits per heavy atom. The van der Waals surface area contributed by atoms with Gasteiger partial charge in [-0.05, 0) is 20.0 Å². The SMILES string of the molecule is CNC(C)CNC(=O)c1cc([N+](=O)[O-])cc(S(C)(=O)=O)c1.Cl. The molecule has 0 aliphatic carbocycles. The van der Waals surface area contributed by atoms with Gasteiger partial charge in [-0.25, -0.2) is 8.42 Å². The lowest BCUT2D eigenvalue weighted by molar-refractivity contribution is -0.385. The molecule has 1 rings (SSSR count). The second-order valence-corrected chi connectivity index (χ2v) is 6.66. The Kier molecular flexibility index (Phi) is 7.44. The highest BCUT2D eigenvalue weighted by atomic mass is 35.5. The number of rotatable bonds is 6. The van der Waals surface area contributed by atoms with Crippen molar-refractivity contribution in [2.45, 2.75) is 17.9 Å². The highest BCUT2D eigenvalue weighted by Crippen LogP contribution is 2.20. The maximum atomic E-state index is 12.0. The Labute approximate surface area is 134 Å². The van der Waals surface area contributed by atoms with Crippen LogP contribution >= 0.6 is 12.4 Å². The largest absolute Gasteiger partial charge is 0.350 e. The van der Waals surface area contributed by atoms with Crippen molar-refractivity contribution in [3.63, 3.8) is 0 Å². The normalized spacial score (nSPS) is 12.1. The van der Waals surface area contributed by atoms with Gasteiger partial charge in [0.15, 0.2) is 9.84 Å². The molecule has 0 aliphatic heterocycles. The Morgan fingerprint density at radius 1 is 1.36 bits per heavy atom. The van der Waals surface area contributed by atoms with Crippen molar-refractivity contribution in [1.82, 2.24) is 10.6 Å². The van der Waals surface area contributed by atoms with Gasteiger partial charge in [-0.1, -0.05) is 0 Å². The number of nitro benzene ring substituents is 1. The monoisotopic (exact) mass is 351 g/mol. The van der Waals surface area contributed by atoms with Crippen molar-refractivity contribution < 1.29 is 18.1 Å². The molecule has 0 spiro atoms. The average molecular weight is 352 g/mol. The predicted molar refractivity (Wildman–Crippen MR) is 84.3 cm³/mol. The molecule has 1 atom stereocenters. The highest BCUT2D eigenvalue weighted by Gasteiger charge is 2.19. The summed E-state index contributed by atoms with van der Waals surface area (Å²) in [5.74, 6) is -0.564. The first kappa shape index (κ1) is 20.3. The number of carbonyl (C=O) groups is 1. The molecule has 0 radical (unpaired) electrons. The number of hydrogen-bond donors (Lipinski definition) is 2. The number of nitrogens with one attached hydrogen (secondary N) is 2. The van der Waals surface area contributed by atoms with Crippen LogP contribution in [0.15, 0.2) is 23.1 Å². The van der Waals surface area contributed by atoms with E-state index >= 15 is 0 Å². The van der Waals surface area contributed by atoms with Crippen LogP contribution in [-0.4, -0.2) is 45.1 Å². The first-order valence-corrected chi connectivity index (χ1v) is 7.99. The van der Waals surface area contributed by atoms with Crippen molar-refractivity contribution in [2.75, 3.05) is 19.8 Å². The molecule has 124 valence electrons. The zero-order chi connectivity index (χ0) is 16.2. The van der Waals surface area contributed by atoms with Gasteiger partial charge in [0.2, 0.25) is 0 Å². The Balaban J connectivity index is 0.00000441. The van der Waals surface area contributed by atoms with Crippen molar-refractivity contribution in [1.29, 1.82) is 0 Å². The van der Waals surface area contributed by atoms with Crippen LogP contribution in [0.2, 0.25) is 0 Å². The molecule has 0 aliphatic rings. The number of likely N-dealkylation sites (N-methyl/N-ethyl adjacent to an activating group) is 1. The van der Waals surface area contributed by atoms with E-state index in [2.05, 4.69) is 10.6 Å². The van der Waals surface area contributed by atoms with E-state index in [9.17, 15) is 23.3 Å². The first-order chi connectivity index (χ1) is 9.65. The molecule has 2 N–H and O–H groups in total. The molecular formula is C12H18ClN3O5S. The zero-order valence-corrected chi connectivity index (χ0v) is 14.0. The summed E-state index contributed by atoms with van der Waals surface area (Å²) in [5.41, 5.74) is -0.502. The van der Waals surface area contributed by atoms with Gasteiger partial charge < -0.3 is 10.6 Å². The van der Waals surface area contributed by atoms with Crippen molar-refractivity contribution in [2.24, 2.45) is 0 Å². The third-order valence-electron chi connectivity index (χ3n) is 2.85. The average Bonchev–Trinajstić information content (AvgIpc) is 2.42. The van der Waals surface area contributed by atoms with Crippen molar-refractivity contribution in [3.8, 4) is 0 Å². The molecule has 1 amide bonds. The van der Waals surface area contributed by atoms with Crippen LogP contribution in [0.4, 0.5) is 5.69 Å². The lowest BCUT2D eigenvalue weighted by Crippen LogP contribution is -2.37. The topological polar surface area (TPSA) is 118 Å². The van der Waals surface area contributed by atoms with E-state index in [4.69, 9.17) is 0 Å². The van der Waals surface area contributed by atoms with Crippen LogP contribution in [0.3, 0.4) is 0 Å². The summed E-state index contributed by atoms with van der Waals surface area (Å²) in [6, 6.07) is 3.12. The summed E-state index contributed by atoms with van der Waals surface area (Å²) in [4.78, 5) is 21.8. The van der Waals surface area contributed by atoms with Crippen LogP contribution in [0.5, 0.6) is 0 Å². The fourth-order valence-electron chi connectivity index (χ4n) is 1.48. The standard InChI is InChI=1S/C12H17N3O5S.ClH/c1-8(13-2)7-14-12(16)9-4-10(15(17)18)6-11(5-9)21(3,19)20;/h4-6,8,13H,7H2,1-3H3,(H,14,16);1H. The van der Waals surface area contributed by atoms with Gasteiger partial charge in [0.1, 0.15) is 0 Å². The molecule has 0 saturated heterocycles. The summed E-state index contributed by atoms with van der Waals surface area (Å²) in [6.45, 7) is 2.15. The maximum absolute atomic E-state index is 12.0. The number of benzene rings is 1. The molecule has 0 heterocycles. The minimum Gasteiger partial charge on any atom is -0.350 e. The molecule has 1 aromatic carbocycles. The Hall–Kier alpha value is -1.71. The van der Waals surface area contributed by atoms with E-state index in [0.717, 1.165) is 24.5 Å². The summed E-state index contributed by atoms with van der Waals surface area (Å²) in [6.07, 6.45) is 0.927. The maximum Gasteiger partial charge on any atom is 0.271 e. The predicted octanol–water partition coefficient (Wildman–Crippen LogP) is 0.758. The fourth-order valence-corrected chi connectivity index (χ4v) is 2.16. The molecule has 1 unspecified atom stereocenters. The third-order valence-corrected chi connectivity index (χ3v) is 3.95. The van der Waals surface area contributed by atoms with E-state index in [1.54, 1.807) is 7.05 Å². The van der Waals surface area contributed by atoms with Crippen molar-refractivity contribution >= 4 is 33.8 Å². The van der Waals surface area contributed by atoms with Crippen LogP contribution < -0.4 is 10.6 Å². The van der Waals surface area contributed by atoms with Crippen LogP contribution in [0.25, 0.3) is 0 Å². The summed E-state index contributed by atoms with van der Waals surface area (Å²) < 4.78 is 23.1. The Bertz CT molecular complexity index is 663. The lowest BCUT2D eigenvalue weighted by atomic mass is 10.2. The van der Waals surface area contributed by atoms with E-state index in [0.29, 0.717) is 6.54 Å². The van der Waals surface area contributed by atoms with Gasteiger partial charge >= 0.3 is 0 Å². The lowest BCUT2D eigenvalue weighted by Gasteiger charge is -2.11. The highest BCUT2D eigenvalue weighted by molar-refractivity contribution is 7.90. The van der Waals surface area contributed by atoms with Gasteiger partial charge in [-0.2, -0.15) is 0 Å². The van der Waals surface area contributed by atoms with Crippen LogP contribution in [0.1, 0.15) is 17.3 Å². The van der Waals surface area contributed by atoms with Gasteiger partial charge in [0, 0.05) is 36.5 Å². The fraction of sp³-hybridized carbons (Fsp3) is 0.417. The number of non-ortho nitro benzene ring substituents is 1. The molecule has 0 fully saturated rings. The van der Waals surface area contributed by atoms with E-state index in [1.807, 2.05) is 6.92 Å². The molecule has 10 heteroatoms. The molecule has 0 bridgehead atoms. The quantitative estimate of drug-likeness (QED) is 0.577. The number of halogens is 1. The van der Waals surface area contributed by atoms with Crippen LogP contribution in [0, 0.1) is 10.1 Å². The summed E-state index contributed by atoms with van der Waals surface area (Å²) >= 11 is 0. The second kappa shape index (κ2) is 8.06. The van der Waals surface area contributed by atoms with Gasteiger partial charge in [-0.15, -0.1) is 12.4 Å². The second-order valence-electron chi connectivity index (χ2n) is 4.64. The number of amides is 1. The van der Waals surface area contributed by atoms with Gasteiger partial charge in [0.05, 0.1) is 9.82 Å². The molecular weight excluding hydrogens is 334 g/mol. The minimum atomic E-state index is -3.65. The van der Waals surface area contributed by atoms with E-state index in [-0.39, 0.29) is 28.9 Å². The van der Waals surface area contributed by atoms with E-state index in [1.165, 1.54) is 0 Å². The molecule has 22 heavy (non-hydrogen) atoms. The molecule has 0 aromatic heterocycles. The molecule has 0 saturated carbocycles. The molecule has 8 nitrogen and oxygen atoms in total. The number of hydrogen-bond acceptors (Lipinski definition) is 6. The van der Waals surface area contributed by atoms with E-state index < -0.39 is 26.4 Å². The number of nitrogens with zero attached hydrogens (tertiary/aromatic N) is 1.